The Kier molecular flexibility index (Phi) is 6.73. The summed E-state index contributed by atoms with van der Waals surface area (Å²) in [5, 5.41) is 3.29. The molecule has 2 atom stereocenters. The van der Waals surface area contributed by atoms with Crippen LogP contribution in [0.25, 0.3) is 0 Å². The van der Waals surface area contributed by atoms with E-state index in [9.17, 15) is 8.42 Å². The highest BCUT2D eigenvalue weighted by Gasteiger charge is 2.35. The predicted molar refractivity (Wildman–Crippen MR) is 79.2 cm³/mol. The Balaban J connectivity index is 2.40. The van der Waals surface area contributed by atoms with Crippen LogP contribution in [0.3, 0.4) is 0 Å². The average Bonchev–Trinajstić information content (AvgIpc) is 2.70. The topological polar surface area (TPSA) is 52.7 Å². The van der Waals surface area contributed by atoms with Crippen molar-refractivity contribution in [1.29, 1.82) is 0 Å². The molecule has 6 heteroatoms. The lowest BCUT2D eigenvalue weighted by Crippen LogP contribution is -2.41. The van der Waals surface area contributed by atoms with Crippen molar-refractivity contribution in [3.05, 3.63) is 0 Å². The maximum atomic E-state index is 12.4. The van der Waals surface area contributed by atoms with E-state index < -0.39 is 10.2 Å². The van der Waals surface area contributed by atoms with Crippen molar-refractivity contribution in [3.63, 3.8) is 0 Å². The van der Waals surface area contributed by atoms with Gasteiger partial charge in [-0.2, -0.15) is 17.0 Å². The second-order valence-corrected chi connectivity index (χ2v) is 7.74. The van der Waals surface area contributed by atoms with Crippen LogP contribution in [0.1, 0.15) is 33.6 Å². The number of nitrogens with zero attached hydrogens (tertiary/aromatic N) is 2. The highest BCUT2D eigenvalue weighted by molar-refractivity contribution is 7.86. The molecule has 1 saturated heterocycles. The molecule has 0 amide bonds. The summed E-state index contributed by atoms with van der Waals surface area (Å²) in [5.74, 6) is 0.906. The first-order valence-electron chi connectivity index (χ1n) is 7.31. The lowest BCUT2D eigenvalue weighted by Gasteiger charge is -2.24. The second kappa shape index (κ2) is 7.57. The summed E-state index contributed by atoms with van der Waals surface area (Å²) in [4.78, 5) is 0. The van der Waals surface area contributed by atoms with Crippen LogP contribution >= 0.6 is 0 Å². The zero-order valence-electron chi connectivity index (χ0n) is 12.7. The summed E-state index contributed by atoms with van der Waals surface area (Å²) in [6.07, 6.45) is 1.96. The van der Waals surface area contributed by atoms with Crippen molar-refractivity contribution in [1.82, 2.24) is 13.9 Å². The third kappa shape index (κ3) is 4.70. The molecule has 1 fully saturated rings. The van der Waals surface area contributed by atoms with Crippen LogP contribution < -0.4 is 5.32 Å². The van der Waals surface area contributed by atoms with Gasteiger partial charge in [-0.25, -0.2) is 0 Å². The lowest BCUT2D eigenvalue weighted by molar-refractivity contribution is 0.382. The van der Waals surface area contributed by atoms with E-state index in [1.165, 1.54) is 4.31 Å². The van der Waals surface area contributed by atoms with E-state index in [1.807, 2.05) is 0 Å². The number of nitrogens with one attached hydrogen (secondary N) is 1. The summed E-state index contributed by atoms with van der Waals surface area (Å²) >= 11 is 0. The van der Waals surface area contributed by atoms with Gasteiger partial charge in [0.25, 0.3) is 10.2 Å². The molecule has 0 saturated carbocycles. The molecule has 0 aliphatic carbocycles. The Morgan fingerprint density at radius 2 is 1.79 bits per heavy atom. The van der Waals surface area contributed by atoms with Crippen LogP contribution in [0.15, 0.2) is 0 Å². The van der Waals surface area contributed by atoms with E-state index in [1.54, 1.807) is 11.4 Å². The van der Waals surface area contributed by atoms with Gasteiger partial charge in [0.2, 0.25) is 0 Å². The molecular weight excluding hydrogens is 262 g/mol. The molecule has 1 N–H and O–H groups in total. The molecule has 0 aromatic rings. The standard InChI is InChI=1S/C13H29N3O2S/c1-5-7-14-8-6-9-15(4)19(17,18)16-10-12(2)13(3)11-16/h12-14H,5-11H2,1-4H3. The zero-order chi connectivity index (χ0) is 14.5. The van der Waals surface area contributed by atoms with Crippen LogP contribution in [0.5, 0.6) is 0 Å². The van der Waals surface area contributed by atoms with E-state index in [0.29, 0.717) is 31.5 Å². The van der Waals surface area contributed by atoms with Crippen molar-refractivity contribution >= 4 is 10.2 Å². The Bertz CT molecular complexity index is 349. The fraction of sp³-hybridized carbons (Fsp3) is 1.00. The average molecular weight is 291 g/mol. The van der Waals surface area contributed by atoms with Gasteiger partial charge in [-0.3, -0.25) is 0 Å². The molecule has 0 spiro atoms. The van der Waals surface area contributed by atoms with Gasteiger partial charge in [0.1, 0.15) is 0 Å². The minimum atomic E-state index is -3.26. The molecule has 0 aromatic carbocycles. The second-order valence-electron chi connectivity index (χ2n) is 5.70. The Morgan fingerprint density at radius 1 is 1.21 bits per heavy atom. The monoisotopic (exact) mass is 291 g/mol. The Labute approximate surface area is 118 Å². The van der Waals surface area contributed by atoms with Gasteiger partial charge in [-0.05, 0) is 37.8 Å². The number of hydrogen-bond acceptors (Lipinski definition) is 3. The fourth-order valence-corrected chi connectivity index (χ4v) is 3.91. The normalized spacial score (nSPS) is 25.3. The summed E-state index contributed by atoms with van der Waals surface area (Å²) < 4.78 is 27.9. The molecule has 19 heavy (non-hydrogen) atoms. The molecule has 1 rings (SSSR count). The van der Waals surface area contributed by atoms with Gasteiger partial charge in [-0.1, -0.05) is 20.8 Å². The molecule has 2 unspecified atom stereocenters. The van der Waals surface area contributed by atoms with E-state index in [0.717, 1.165) is 25.9 Å². The van der Waals surface area contributed by atoms with Crippen LogP contribution in [0.4, 0.5) is 0 Å². The highest BCUT2D eigenvalue weighted by atomic mass is 32.2. The molecule has 5 nitrogen and oxygen atoms in total. The first-order valence-corrected chi connectivity index (χ1v) is 8.71. The number of hydrogen-bond donors (Lipinski definition) is 1. The molecule has 1 aliphatic rings. The maximum absolute atomic E-state index is 12.4. The van der Waals surface area contributed by atoms with Crippen LogP contribution in [-0.2, 0) is 10.2 Å². The largest absolute Gasteiger partial charge is 0.317 e. The summed E-state index contributed by atoms with van der Waals surface area (Å²) in [7, 11) is -1.58. The molecule has 0 bridgehead atoms. The first kappa shape index (κ1) is 16.9. The Hall–Kier alpha value is -0.170. The summed E-state index contributed by atoms with van der Waals surface area (Å²) in [6.45, 7) is 10.1. The van der Waals surface area contributed by atoms with Crippen molar-refractivity contribution in [2.75, 3.05) is 39.8 Å². The quantitative estimate of drug-likeness (QED) is 0.682. The van der Waals surface area contributed by atoms with Gasteiger partial charge >= 0.3 is 0 Å². The lowest BCUT2D eigenvalue weighted by atomic mass is 10.0. The molecule has 0 aromatic heterocycles. The van der Waals surface area contributed by atoms with Gasteiger partial charge in [-0.15, -0.1) is 0 Å². The SMILES string of the molecule is CCCNCCCN(C)S(=O)(=O)N1CC(C)C(C)C1. The number of rotatable bonds is 8. The Morgan fingerprint density at radius 3 is 2.32 bits per heavy atom. The third-order valence-electron chi connectivity index (χ3n) is 3.93. The van der Waals surface area contributed by atoms with E-state index >= 15 is 0 Å². The van der Waals surface area contributed by atoms with Crippen LogP contribution in [-0.4, -0.2) is 56.8 Å². The first-order chi connectivity index (χ1) is 8.89. The van der Waals surface area contributed by atoms with Crippen molar-refractivity contribution < 1.29 is 8.42 Å². The molecule has 1 heterocycles. The van der Waals surface area contributed by atoms with Crippen LogP contribution in [0.2, 0.25) is 0 Å². The van der Waals surface area contributed by atoms with Crippen molar-refractivity contribution in [2.24, 2.45) is 11.8 Å². The fourth-order valence-electron chi connectivity index (χ4n) is 2.31. The maximum Gasteiger partial charge on any atom is 0.281 e. The van der Waals surface area contributed by atoms with E-state index in [2.05, 4.69) is 26.1 Å². The van der Waals surface area contributed by atoms with E-state index in [4.69, 9.17) is 0 Å². The van der Waals surface area contributed by atoms with Gasteiger partial charge in [0, 0.05) is 26.7 Å². The zero-order valence-corrected chi connectivity index (χ0v) is 13.5. The van der Waals surface area contributed by atoms with Crippen molar-refractivity contribution in [3.8, 4) is 0 Å². The van der Waals surface area contributed by atoms with Gasteiger partial charge < -0.3 is 5.32 Å². The van der Waals surface area contributed by atoms with Crippen LogP contribution in [0, 0.1) is 11.8 Å². The molecule has 1 aliphatic heterocycles. The highest BCUT2D eigenvalue weighted by Crippen LogP contribution is 2.25. The predicted octanol–water partition coefficient (Wildman–Crippen LogP) is 1.14. The molecular formula is C13H29N3O2S. The van der Waals surface area contributed by atoms with Gasteiger partial charge in [0.05, 0.1) is 0 Å². The minimum absolute atomic E-state index is 0.453. The van der Waals surface area contributed by atoms with Crippen molar-refractivity contribution in [2.45, 2.75) is 33.6 Å². The van der Waals surface area contributed by atoms with E-state index in [-0.39, 0.29) is 0 Å². The third-order valence-corrected chi connectivity index (χ3v) is 5.85. The smallest absolute Gasteiger partial charge is 0.281 e. The van der Waals surface area contributed by atoms with Gasteiger partial charge in [0.15, 0.2) is 0 Å². The molecule has 114 valence electrons. The minimum Gasteiger partial charge on any atom is -0.317 e. The summed E-state index contributed by atoms with van der Waals surface area (Å²) in [6, 6.07) is 0. The summed E-state index contributed by atoms with van der Waals surface area (Å²) in [5.41, 5.74) is 0. The molecule has 0 radical (unpaired) electrons.